The van der Waals surface area contributed by atoms with Gasteiger partial charge in [-0.3, -0.25) is 4.79 Å². The summed E-state index contributed by atoms with van der Waals surface area (Å²) < 4.78 is 22.8. The zero-order chi connectivity index (χ0) is 14.8. The van der Waals surface area contributed by atoms with Gasteiger partial charge in [0.2, 0.25) is 5.91 Å². The van der Waals surface area contributed by atoms with E-state index in [1.807, 2.05) is 0 Å². The Morgan fingerprint density at radius 3 is 2.70 bits per heavy atom. The number of hydrogen-bond acceptors (Lipinski definition) is 4. The Kier molecular flexibility index (Phi) is 5.07. The minimum atomic E-state index is -2.97. The highest BCUT2D eigenvalue weighted by atomic mass is 32.2. The number of amides is 1. The van der Waals surface area contributed by atoms with Crippen LogP contribution in [0.15, 0.2) is 0 Å². The molecule has 2 heterocycles. The van der Waals surface area contributed by atoms with Crippen LogP contribution in [0.2, 0.25) is 0 Å². The summed E-state index contributed by atoms with van der Waals surface area (Å²) in [6.45, 7) is 7.25. The Morgan fingerprint density at radius 1 is 1.35 bits per heavy atom. The fraction of sp³-hybridized carbons (Fsp3) is 0.929. The minimum absolute atomic E-state index is 0.0294. The summed E-state index contributed by atoms with van der Waals surface area (Å²) in [5, 5.41) is 2.96. The van der Waals surface area contributed by atoms with Crippen LogP contribution in [0.1, 0.15) is 33.1 Å². The summed E-state index contributed by atoms with van der Waals surface area (Å²) >= 11 is 0. The molecule has 6 heteroatoms. The number of nitrogens with zero attached hydrogens (tertiary/aromatic N) is 1. The normalized spacial score (nSPS) is 30.6. The quantitative estimate of drug-likeness (QED) is 0.828. The van der Waals surface area contributed by atoms with Gasteiger partial charge in [0.15, 0.2) is 9.84 Å². The van der Waals surface area contributed by atoms with E-state index in [0.29, 0.717) is 24.9 Å². The second-order valence-corrected chi connectivity index (χ2v) is 8.67. The third-order valence-electron chi connectivity index (χ3n) is 4.45. The lowest BCUT2D eigenvalue weighted by molar-refractivity contribution is -0.124. The van der Waals surface area contributed by atoms with Crippen LogP contribution in [0.25, 0.3) is 0 Å². The Labute approximate surface area is 122 Å². The predicted octanol–water partition coefficient (Wildman–Crippen LogP) is 0.658. The summed E-state index contributed by atoms with van der Waals surface area (Å²) in [4.78, 5) is 14.4. The van der Waals surface area contributed by atoms with Gasteiger partial charge in [-0.15, -0.1) is 0 Å². The smallest absolute Gasteiger partial charge is 0.224 e. The van der Waals surface area contributed by atoms with Crippen molar-refractivity contribution in [1.82, 2.24) is 10.2 Å². The molecule has 2 rings (SSSR count). The lowest BCUT2D eigenvalue weighted by Crippen LogP contribution is -2.44. The molecule has 2 unspecified atom stereocenters. The number of piperidine rings is 1. The zero-order valence-electron chi connectivity index (χ0n) is 12.5. The number of likely N-dealkylation sites (tertiary alicyclic amines) is 1. The summed E-state index contributed by atoms with van der Waals surface area (Å²) in [5.74, 6) is 0.280. The molecule has 5 nitrogen and oxygen atoms in total. The van der Waals surface area contributed by atoms with Crippen LogP contribution in [0.3, 0.4) is 0 Å². The highest BCUT2D eigenvalue weighted by molar-refractivity contribution is 7.91. The molecule has 0 aromatic rings. The predicted molar refractivity (Wildman–Crippen MR) is 79.2 cm³/mol. The van der Waals surface area contributed by atoms with Crippen LogP contribution >= 0.6 is 0 Å². The van der Waals surface area contributed by atoms with Gasteiger partial charge < -0.3 is 10.2 Å². The average Bonchev–Trinajstić information content (AvgIpc) is 2.77. The molecule has 20 heavy (non-hydrogen) atoms. The molecule has 2 aliphatic rings. The third-order valence-corrected chi connectivity index (χ3v) is 6.22. The van der Waals surface area contributed by atoms with Crippen LogP contribution in [0.5, 0.6) is 0 Å². The first-order chi connectivity index (χ1) is 9.37. The standard InChI is InChI=1S/C14H26N2O3S/c1-11(2)16-6-3-4-12(9-16)8-15-14(17)13-5-7-20(18,19)10-13/h11-13H,3-10H2,1-2H3,(H,15,17). The Balaban J connectivity index is 1.76. The molecule has 1 N–H and O–H groups in total. The number of sulfone groups is 1. The molecule has 2 saturated heterocycles. The van der Waals surface area contributed by atoms with Gasteiger partial charge in [-0.05, 0) is 45.6 Å². The third kappa shape index (κ3) is 4.19. The largest absolute Gasteiger partial charge is 0.356 e. The van der Waals surface area contributed by atoms with Crippen LogP contribution in [-0.4, -0.2) is 56.4 Å². The van der Waals surface area contributed by atoms with E-state index < -0.39 is 9.84 Å². The highest BCUT2D eigenvalue weighted by Gasteiger charge is 2.33. The van der Waals surface area contributed by atoms with Crippen molar-refractivity contribution in [3.05, 3.63) is 0 Å². The topological polar surface area (TPSA) is 66.5 Å². The first kappa shape index (κ1) is 15.8. The number of carbonyl (C=O) groups excluding carboxylic acids is 1. The lowest BCUT2D eigenvalue weighted by Gasteiger charge is -2.35. The second-order valence-electron chi connectivity index (χ2n) is 6.44. The van der Waals surface area contributed by atoms with Gasteiger partial charge in [-0.1, -0.05) is 0 Å². The summed E-state index contributed by atoms with van der Waals surface area (Å²) in [7, 11) is -2.97. The van der Waals surface area contributed by atoms with E-state index in [4.69, 9.17) is 0 Å². The zero-order valence-corrected chi connectivity index (χ0v) is 13.3. The van der Waals surface area contributed by atoms with E-state index in [2.05, 4.69) is 24.1 Å². The van der Waals surface area contributed by atoms with E-state index in [-0.39, 0.29) is 23.3 Å². The van der Waals surface area contributed by atoms with Gasteiger partial charge in [0.25, 0.3) is 0 Å². The first-order valence-corrected chi connectivity index (χ1v) is 9.41. The Morgan fingerprint density at radius 2 is 2.10 bits per heavy atom. The Bertz CT molecular complexity index is 447. The fourth-order valence-corrected chi connectivity index (χ4v) is 4.87. The molecule has 0 aliphatic carbocycles. The minimum Gasteiger partial charge on any atom is -0.356 e. The molecule has 116 valence electrons. The van der Waals surface area contributed by atoms with Crippen LogP contribution in [-0.2, 0) is 14.6 Å². The molecule has 0 radical (unpaired) electrons. The van der Waals surface area contributed by atoms with Gasteiger partial charge in [0, 0.05) is 19.1 Å². The molecule has 1 amide bonds. The van der Waals surface area contributed by atoms with Crippen molar-refractivity contribution in [3.8, 4) is 0 Å². The average molecular weight is 302 g/mol. The first-order valence-electron chi connectivity index (χ1n) is 7.59. The maximum Gasteiger partial charge on any atom is 0.224 e. The van der Waals surface area contributed by atoms with Gasteiger partial charge in [0.05, 0.1) is 17.4 Å². The van der Waals surface area contributed by atoms with Crippen molar-refractivity contribution in [2.45, 2.75) is 39.2 Å². The van der Waals surface area contributed by atoms with Gasteiger partial charge >= 0.3 is 0 Å². The number of hydrogen-bond donors (Lipinski definition) is 1. The van der Waals surface area contributed by atoms with E-state index in [0.717, 1.165) is 19.5 Å². The van der Waals surface area contributed by atoms with Crippen molar-refractivity contribution in [3.63, 3.8) is 0 Å². The van der Waals surface area contributed by atoms with E-state index in [9.17, 15) is 13.2 Å². The van der Waals surface area contributed by atoms with E-state index >= 15 is 0 Å². The van der Waals surface area contributed by atoms with E-state index in [1.54, 1.807) is 0 Å². The Hall–Kier alpha value is -0.620. The molecule has 0 aromatic heterocycles. The maximum absolute atomic E-state index is 12.0. The molecule has 2 fully saturated rings. The summed E-state index contributed by atoms with van der Waals surface area (Å²) in [6, 6.07) is 0.550. The summed E-state index contributed by atoms with van der Waals surface area (Å²) in [5.41, 5.74) is 0. The molecular formula is C14H26N2O3S. The highest BCUT2D eigenvalue weighted by Crippen LogP contribution is 2.20. The fourth-order valence-electron chi connectivity index (χ4n) is 3.12. The molecule has 0 spiro atoms. The molecule has 0 saturated carbocycles. The molecule has 0 bridgehead atoms. The van der Waals surface area contributed by atoms with Crippen LogP contribution < -0.4 is 5.32 Å². The molecule has 2 aliphatic heterocycles. The molecule has 2 atom stereocenters. The number of rotatable bonds is 4. The second kappa shape index (κ2) is 6.43. The molecule has 0 aromatic carbocycles. The van der Waals surface area contributed by atoms with Crippen LogP contribution in [0.4, 0.5) is 0 Å². The molecular weight excluding hydrogens is 276 g/mol. The lowest BCUT2D eigenvalue weighted by atomic mass is 9.96. The summed E-state index contributed by atoms with van der Waals surface area (Å²) in [6.07, 6.45) is 2.81. The van der Waals surface area contributed by atoms with Crippen LogP contribution in [0, 0.1) is 11.8 Å². The van der Waals surface area contributed by atoms with Crippen molar-refractivity contribution in [2.75, 3.05) is 31.1 Å². The monoisotopic (exact) mass is 302 g/mol. The van der Waals surface area contributed by atoms with Gasteiger partial charge in [-0.2, -0.15) is 0 Å². The number of carbonyl (C=O) groups is 1. The van der Waals surface area contributed by atoms with Crippen molar-refractivity contribution in [2.24, 2.45) is 11.8 Å². The van der Waals surface area contributed by atoms with Gasteiger partial charge in [-0.25, -0.2) is 8.42 Å². The van der Waals surface area contributed by atoms with Crippen molar-refractivity contribution in [1.29, 1.82) is 0 Å². The van der Waals surface area contributed by atoms with Gasteiger partial charge in [0.1, 0.15) is 0 Å². The number of nitrogens with one attached hydrogen (secondary N) is 1. The maximum atomic E-state index is 12.0. The van der Waals surface area contributed by atoms with Crippen molar-refractivity contribution < 1.29 is 13.2 Å². The van der Waals surface area contributed by atoms with E-state index in [1.165, 1.54) is 6.42 Å². The van der Waals surface area contributed by atoms with Crippen molar-refractivity contribution >= 4 is 15.7 Å². The SMILES string of the molecule is CC(C)N1CCCC(CNC(=O)C2CCS(=O)(=O)C2)C1.